The second-order valence-electron chi connectivity index (χ2n) is 6.89. The van der Waals surface area contributed by atoms with Crippen LogP contribution in [0.2, 0.25) is 0 Å². The summed E-state index contributed by atoms with van der Waals surface area (Å²) in [4.78, 5) is 0. The van der Waals surface area contributed by atoms with Gasteiger partial charge in [0, 0.05) is 6.04 Å². The molecule has 2 unspecified atom stereocenters. The van der Waals surface area contributed by atoms with Crippen LogP contribution in [0.5, 0.6) is 0 Å². The molecule has 3 rings (SSSR count). The predicted molar refractivity (Wildman–Crippen MR) is 78.0 cm³/mol. The summed E-state index contributed by atoms with van der Waals surface area (Å²) in [6.45, 7) is 6.37. The maximum absolute atomic E-state index is 5.74. The second kappa shape index (κ2) is 5.26. The van der Waals surface area contributed by atoms with Crippen LogP contribution in [0.25, 0.3) is 0 Å². The molecule has 2 heteroatoms. The molecule has 0 saturated heterocycles. The first-order valence-corrected chi connectivity index (χ1v) is 7.56. The average molecular weight is 259 g/mol. The van der Waals surface area contributed by atoms with Gasteiger partial charge in [-0.15, -0.1) is 0 Å². The summed E-state index contributed by atoms with van der Waals surface area (Å²) < 4.78 is 5.74. The lowest BCUT2D eigenvalue weighted by Gasteiger charge is -2.38. The topological polar surface area (TPSA) is 21.3 Å². The first-order valence-electron chi connectivity index (χ1n) is 7.56. The number of ether oxygens (including phenoxy) is 1. The molecule has 19 heavy (non-hydrogen) atoms. The lowest BCUT2D eigenvalue weighted by atomic mass is 9.75. The molecule has 1 aromatic rings. The third-order valence-electron chi connectivity index (χ3n) is 4.61. The number of rotatable bonds is 2. The van der Waals surface area contributed by atoms with Crippen molar-refractivity contribution < 1.29 is 4.74 Å². The molecule has 1 saturated carbocycles. The van der Waals surface area contributed by atoms with E-state index in [9.17, 15) is 0 Å². The van der Waals surface area contributed by atoms with Crippen molar-refractivity contribution in [2.75, 3.05) is 6.61 Å². The lowest BCUT2D eigenvalue weighted by molar-refractivity contribution is 0.0713. The highest BCUT2D eigenvalue weighted by molar-refractivity contribution is 5.31. The molecule has 1 N–H and O–H groups in total. The van der Waals surface area contributed by atoms with Crippen molar-refractivity contribution in [3.05, 3.63) is 35.4 Å². The van der Waals surface area contributed by atoms with Crippen LogP contribution >= 0.6 is 0 Å². The van der Waals surface area contributed by atoms with Crippen molar-refractivity contribution in [2.24, 2.45) is 5.41 Å². The summed E-state index contributed by atoms with van der Waals surface area (Å²) >= 11 is 0. The maximum Gasteiger partial charge on any atom is 0.0721 e. The Kier molecular flexibility index (Phi) is 3.64. The van der Waals surface area contributed by atoms with Gasteiger partial charge in [0.2, 0.25) is 0 Å². The number of hydrogen-bond donors (Lipinski definition) is 1. The Bertz CT molecular complexity index is 441. The van der Waals surface area contributed by atoms with E-state index < -0.39 is 0 Å². The quantitative estimate of drug-likeness (QED) is 0.872. The maximum atomic E-state index is 5.74. The highest BCUT2D eigenvalue weighted by atomic mass is 16.5. The molecule has 0 radical (unpaired) electrons. The smallest absolute Gasteiger partial charge is 0.0721 e. The zero-order valence-electron chi connectivity index (χ0n) is 12.1. The minimum absolute atomic E-state index is 0.379. The fourth-order valence-electron chi connectivity index (χ4n) is 3.64. The number of hydrogen-bond acceptors (Lipinski definition) is 2. The number of benzene rings is 1. The van der Waals surface area contributed by atoms with Gasteiger partial charge in [0.15, 0.2) is 0 Å². The fraction of sp³-hybridized carbons (Fsp3) is 0.647. The van der Waals surface area contributed by atoms with Gasteiger partial charge in [0.05, 0.1) is 19.3 Å². The van der Waals surface area contributed by atoms with E-state index >= 15 is 0 Å². The second-order valence-corrected chi connectivity index (χ2v) is 6.89. The average Bonchev–Trinajstić information content (AvgIpc) is 2.38. The number of fused-ring (bicyclic) bond motifs is 1. The zero-order valence-corrected chi connectivity index (χ0v) is 12.1. The van der Waals surface area contributed by atoms with Gasteiger partial charge in [-0.1, -0.05) is 44.5 Å². The summed E-state index contributed by atoms with van der Waals surface area (Å²) in [7, 11) is 0. The van der Waals surface area contributed by atoms with Crippen LogP contribution in [-0.4, -0.2) is 12.6 Å². The van der Waals surface area contributed by atoms with E-state index in [4.69, 9.17) is 4.74 Å². The van der Waals surface area contributed by atoms with E-state index in [1.54, 1.807) is 0 Å². The Morgan fingerprint density at radius 1 is 1.26 bits per heavy atom. The normalized spacial score (nSPS) is 29.8. The van der Waals surface area contributed by atoms with Gasteiger partial charge in [0.25, 0.3) is 0 Å². The highest BCUT2D eigenvalue weighted by Gasteiger charge is 2.30. The third kappa shape index (κ3) is 3.01. The molecular weight excluding hydrogens is 234 g/mol. The molecule has 1 fully saturated rings. The van der Waals surface area contributed by atoms with Gasteiger partial charge in [-0.25, -0.2) is 0 Å². The predicted octanol–water partition coefficient (Wildman–Crippen LogP) is 3.82. The van der Waals surface area contributed by atoms with Crippen molar-refractivity contribution in [1.29, 1.82) is 0 Å². The zero-order chi connectivity index (χ0) is 13.3. The molecule has 2 aliphatic rings. The Morgan fingerprint density at radius 3 is 2.95 bits per heavy atom. The van der Waals surface area contributed by atoms with E-state index in [1.807, 2.05) is 0 Å². The summed E-state index contributed by atoms with van der Waals surface area (Å²) in [6.07, 6.45) is 5.30. The first kappa shape index (κ1) is 13.1. The van der Waals surface area contributed by atoms with Crippen LogP contribution in [0.15, 0.2) is 24.3 Å². The van der Waals surface area contributed by atoms with Crippen molar-refractivity contribution in [2.45, 2.75) is 58.2 Å². The summed E-state index contributed by atoms with van der Waals surface area (Å²) in [5, 5.41) is 3.84. The van der Waals surface area contributed by atoms with Crippen molar-refractivity contribution in [3.8, 4) is 0 Å². The minimum Gasteiger partial charge on any atom is -0.375 e. The molecule has 1 aliphatic heterocycles. The molecule has 0 bridgehead atoms. The molecule has 1 aliphatic carbocycles. The molecule has 1 heterocycles. The lowest BCUT2D eigenvalue weighted by Crippen LogP contribution is -2.41. The third-order valence-corrected chi connectivity index (χ3v) is 4.61. The van der Waals surface area contributed by atoms with Crippen molar-refractivity contribution in [3.63, 3.8) is 0 Å². The van der Waals surface area contributed by atoms with Crippen LogP contribution in [0, 0.1) is 5.41 Å². The van der Waals surface area contributed by atoms with E-state index in [2.05, 4.69) is 43.4 Å². The van der Waals surface area contributed by atoms with Gasteiger partial charge in [-0.2, -0.15) is 0 Å². The Hall–Kier alpha value is -0.860. The summed E-state index contributed by atoms with van der Waals surface area (Å²) in [6, 6.07) is 9.71. The van der Waals surface area contributed by atoms with Gasteiger partial charge in [0.1, 0.15) is 0 Å². The molecular formula is C17H25NO. The van der Waals surface area contributed by atoms with Crippen LogP contribution in [0.1, 0.15) is 56.7 Å². The van der Waals surface area contributed by atoms with Gasteiger partial charge >= 0.3 is 0 Å². The number of nitrogens with one attached hydrogen (secondary N) is 1. The van der Waals surface area contributed by atoms with Crippen LogP contribution in [0.4, 0.5) is 0 Å². The Morgan fingerprint density at radius 2 is 2.11 bits per heavy atom. The van der Waals surface area contributed by atoms with E-state index in [0.717, 1.165) is 13.2 Å². The largest absolute Gasteiger partial charge is 0.375 e. The van der Waals surface area contributed by atoms with E-state index in [0.29, 0.717) is 17.5 Å². The monoisotopic (exact) mass is 259 g/mol. The molecule has 2 nitrogen and oxygen atoms in total. The molecule has 104 valence electrons. The van der Waals surface area contributed by atoms with Crippen molar-refractivity contribution >= 4 is 0 Å². The minimum atomic E-state index is 0.379. The SMILES string of the molecule is CC1(C)CCCC(NC2COCc3ccccc32)C1. The van der Waals surface area contributed by atoms with Gasteiger partial charge in [-0.05, 0) is 35.8 Å². The highest BCUT2D eigenvalue weighted by Crippen LogP contribution is 2.36. The first-order chi connectivity index (χ1) is 9.14. The summed E-state index contributed by atoms with van der Waals surface area (Å²) in [5.74, 6) is 0. The molecule has 2 atom stereocenters. The van der Waals surface area contributed by atoms with E-state index in [1.165, 1.54) is 36.8 Å². The molecule has 0 aromatic heterocycles. The van der Waals surface area contributed by atoms with Gasteiger partial charge < -0.3 is 10.1 Å². The van der Waals surface area contributed by atoms with Crippen LogP contribution in [0.3, 0.4) is 0 Å². The molecule has 0 amide bonds. The van der Waals surface area contributed by atoms with Crippen molar-refractivity contribution in [1.82, 2.24) is 5.32 Å². The Labute approximate surface area is 116 Å². The van der Waals surface area contributed by atoms with E-state index in [-0.39, 0.29) is 0 Å². The summed E-state index contributed by atoms with van der Waals surface area (Å²) in [5.41, 5.74) is 3.28. The Balaban J connectivity index is 1.71. The fourth-order valence-corrected chi connectivity index (χ4v) is 3.64. The molecule has 1 aromatic carbocycles. The standard InChI is InChI=1S/C17H25NO/c1-17(2)9-5-7-14(10-17)18-16-12-19-11-13-6-3-4-8-15(13)16/h3-4,6,8,14,16,18H,5,7,9-12H2,1-2H3. The van der Waals surface area contributed by atoms with Crippen LogP contribution < -0.4 is 5.32 Å². The van der Waals surface area contributed by atoms with Gasteiger partial charge in [-0.3, -0.25) is 0 Å². The van der Waals surface area contributed by atoms with Crippen LogP contribution in [-0.2, 0) is 11.3 Å². The molecule has 0 spiro atoms.